The first-order valence-corrected chi connectivity index (χ1v) is 12.8. The standard InChI is InChI=1S/C20H28N4O3S2/c1-3-9-24-19(25)17-15-7-5-6-8-16(15)28-18(17)21-20(24)22-10-12-23(13-11-22)29(26,27)14-4-2/h3H,1,4-14H2,2H3. The first kappa shape index (κ1) is 20.6. The van der Waals surface area contributed by atoms with Crippen LogP contribution in [0.1, 0.15) is 36.6 Å². The summed E-state index contributed by atoms with van der Waals surface area (Å²) < 4.78 is 28.0. The predicted molar refractivity (Wildman–Crippen MR) is 119 cm³/mol. The number of thiophene rings is 1. The fourth-order valence-electron chi connectivity index (χ4n) is 4.32. The Labute approximate surface area is 175 Å². The molecule has 0 bridgehead atoms. The zero-order valence-corrected chi connectivity index (χ0v) is 18.5. The number of fused-ring (bicyclic) bond motifs is 3. The van der Waals surface area contributed by atoms with Gasteiger partial charge in [-0.2, -0.15) is 4.31 Å². The molecule has 0 spiro atoms. The van der Waals surface area contributed by atoms with Crippen molar-refractivity contribution in [1.82, 2.24) is 13.9 Å². The first-order chi connectivity index (χ1) is 14.0. The topological polar surface area (TPSA) is 75.5 Å². The maximum absolute atomic E-state index is 13.4. The summed E-state index contributed by atoms with van der Waals surface area (Å²) in [4.78, 5) is 22.4. The maximum atomic E-state index is 13.4. The minimum Gasteiger partial charge on any atom is -0.339 e. The molecule has 0 unspecified atom stereocenters. The van der Waals surface area contributed by atoms with Crippen LogP contribution in [0.25, 0.3) is 10.2 Å². The Kier molecular flexibility index (Phi) is 5.81. The molecule has 0 atom stereocenters. The molecule has 2 aromatic heterocycles. The van der Waals surface area contributed by atoms with Crippen LogP contribution in [0.2, 0.25) is 0 Å². The molecule has 7 nitrogen and oxygen atoms in total. The highest BCUT2D eigenvalue weighted by molar-refractivity contribution is 7.89. The van der Waals surface area contributed by atoms with E-state index in [9.17, 15) is 13.2 Å². The van der Waals surface area contributed by atoms with Gasteiger partial charge in [0, 0.05) is 37.6 Å². The summed E-state index contributed by atoms with van der Waals surface area (Å²) in [5, 5.41) is 0.777. The van der Waals surface area contributed by atoms with Crippen LogP contribution >= 0.6 is 11.3 Å². The predicted octanol–water partition coefficient (Wildman–Crippen LogP) is 2.38. The molecule has 0 radical (unpaired) electrons. The summed E-state index contributed by atoms with van der Waals surface area (Å²) in [6.07, 6.45) is 6.60. The second-order valence-electron chi connectivity index (χ2n) is 7.71. The molecule has 0 N–H and O–H groups in total. The molecule has 1 fully saturated rings. The fourth-order valence-corrected chi connectivity index (χ4v) is 7.06. The van der Waals surface area contributed by atoms with E-state index in [1.165, 1.54) is 16.9 Å². The number of anilines is 1. The summed E-state index contributed by atoms with van der Waals surface area (Å²) in [5.41, 5.74) is 1.19. The van der Waals surface area contributed by atoms with Crippen molar-refractivity contribution in [2.24, 2.45) is 0 Å². The number of allylic oxidation sites excluding steroid dienone is 1. The van der Waals surface area contributed by atoms with Gasteiger partial charge in [0.15, 0.2) is 0 Å². The molecule has 2 aromatic rings. The van der Waals surface area contributed by atoms with E-state index in [-0.39, 0.29) is 11.3 Å². The third kappa shape index (κ3) is 3.75. The number of sulfonamides is 1. The van der Waals surface area contributed by atoms with Gasteiger partial charge in [-0.1, -0.05) is 13.0 Å². The smallest absolute Gasteiger partial charge is 0.264 e. The first-order valence-electron chi connectivity index (χ1n) is 10.3. The highest BCUT2D eigenvalue weighted by Crippen LogP contribution is 2.34. The Morgan fingerprint density at radius 3 is 2.59 bits per heavy atom. The zero-order valence-electron chi connectivity index (χ0n) is 16.9. The molecule has 1 saturated heterocycles. The van der Waals surface area contributed by atoms with Crippen LogP contribution in [0.5, 0.6) is 0 Å². The molecule has 0 aromatic carbocycles. The summed E-state index contributed by atoms with van der Waals surface area (Å²) in [7, 11) is -3.20. The summed E-state index contributed by atoms with van der Waals surface area (Å²) in [5.74, 6) is 0.813. The Morgan fingerprint density at radius 1 is 1.17 bits per heavy atom. The number of aromatic nitrogens is 2. The van der Waals surface area contributed by atoms with Crippen molar-refractivity contribution in [3.63, 3.8) is 0 Å². The lowest BCUT2D eigenvalue weighted by Gasteiger charge is -2.35. The molecule has 0 saturated carbocycles. The zero-order chi connectivity index (χ0) is 20.6. The van der Waals surface area contributed by atoms with Crippen molar-refractivity contribution in [2.75, 3.05) is 36.8 Å². The van der Waals surface area contributed by atoms with Crippen molar-refractivity contribution >= 4 is 37.5 Å². The van der Waals surface area contributed by atoms with Crippen LogP contribution < -0.4 is 10.5 Å². The molecule has 4 rings (SSSR count). The van der Waals surface area contributed by atoms with Gasteiger partial charge in [-0.05, 0) is 37.7 Å². The van der Waals surface area contributed by atoms with E-state index in [0.717, 1.165) is 29.5 Å². The van der Waals surface area contributed by atoms with E-state index in [1.54, 1.807) is 26.3 Å². The lowest BCUT2D eigenvalue weighted by atomic mass is 9.97. The molecule has 158 valence electrons. The van der Waals surface area contributed by atoms with Gasteiger partial charge in [0.1, 0.15) is 4.83 Å². The Morgan fingerprint density at radius 2 is 1.90 bits per heavy atom. The molecular formula is C20H28N4O3S2. The van der Waals surface area contributed by atoms with Gasteiger partial charge in [0.2, 0.25) is 16.0 Å². The van der Waals surface area contributed by atoms with Gasteiger partial charge in [-0.25, -0.2) is 13.4 Å². The maximum Gasteiger partial charge on any atom is 0.264 e. The van der Waals surface area contributed by atoms with Crippen molar-refractivity contribution in [1.29, 1.82) is 0 Å². The number of hydrogen-bond donors (Lipinski definition) is 0. The van der Waals surface area contributed by atoms with Crippen LogP contribution in [0.4, 0.5) is 5.95 Å². The van der Waals surface area contributed by atoms with Gasteiger partial charge < -0.3 is 4.90 Å². The number of nitrogens with zero attached hydrogens (tertiary/aromatic N) is 4. The van der Waals surface area contributed by atoms with Crippen LogP contribution in [-0.4, -0.2) is 54.2 Å². The normalized spacial score (nSPS) is 18.2. The second-order valence-corrected chi connectivity index (χ2v) is 10.9. The van der Waals surface area contributed by atoms with E-state index in [1.807, 2.05) is 11.8 Å². The van der Waals surface area contributed by atoms with E-state index >= 15 is 0 Å². The Bertz CT molecular complexity index is 1080. The number of piperazine rings is 1. The second kappa shape index (κ2) is 8.20. The molecule has 2 aliphatic rings. The molecule has 3 heterocycles. The molecular weight excluding hydrogens is 408 g/mol. The van der Waals surface area contributed by atoms with Crippen molar-refractivity contribution in [3.05, 3.63) is 33.4 Å². The van der Waals surface area contributed by atoms with Crippen LogP contribution in [-0.2, 0) is 29.4 Å². The van der Waals surface area contributed by atoms with Crippen LogP contribution in [0.15, 0.2) is 17.4 Å². The third-order valence-corrected chi connectivity index (χ3v) is 9.01. The van der Waals surface area contributed by atoms with Crippen LogP contribution in [0.3, 0.4) is 0 Å². The van der Waals surface area contributed by atoms with Crippen molar-refractivity contribution in [2.45, 2.75) is 45.6 Å². The Hall–Kier alpha value is -1.71. The minimum absolute atomic E-state index is 0.00494. The summed E-state index contributed by atoms with van der Waals surface area (Å²) in [6.45, 7) is 7.99. The quantitative estimate of drug-likeness (QED) is 0.650. The SMILES string of the molecule is C=CCn1c(N2CCN(S(=O)(=O)CCC)CC2)nc2sc3c(c2c1=O)CCCC3. The van der Waals surface area contributed by atoms with E-state index in [0.29, 0.717) is 45.1 Å². The lowest BCUT2D eigenvalue weighted by molar-refractivity contribution is 0.380. The van der Waals surface area contributed by atoms with Gasteiger partial charge in [0.25, 0.3) is 5.56 Å². The van der Waals surface area contributed by atoms with Gasteiger partial charge in [-0.3, -0.25) is 9.36 Å². The fraction of sp³-hybridized carbons (Fsp3) is 0.600. The number of aryl methyl sites for hydroxylation is 2. The highest BCUT2D eigenvalue weighted by atomic mass is 32.2. The molecule has 29 heavy (non-hydrogen) atoms. The van der Waals surface area contributed by atoms with Gasteiger partial charge in [-0.15, -0.1) is 17.9 Å². The van der Waals surface area contributed by atoms with Crippen molar-refractivity contribution in [3.8, 4) is 0 Å². The van der Waals surface area contributed by atoms with E-state index in [2.05, 4.69) is 6.58 Å². The van der Waals surface area contributed by atoms with E-state index < -0.39 is 10.0 Å². The monoisotopic (exact) mass is 436 g/mol. The van der Waals surface area contributed by atoms with Crippen LogP contribution in [0, 0.1) is 0 Å². The van der Waals surface area contributed by atoms with Crippen molar-refractivity contribution < 1.29 is 8.42 Å². The Balaban J connectivity index is 1.70. The number of hydrogen-bond acceptors (Lipinski definition) is 6. The van der Waals surface area contributed by atoms with E-state index in [4.69, 9.17) is 4.98 Å². The molecule has 1 aliphatic heterocycles. The molecule has 9 heteroatoms. The largest absolute Gasteiger partial charge is 0.339 e. The van der Waals surface area contributed by atoms with Gasteiger partial charge in [0.05, 0.1) is 11.1 Å². The average Bonchev–Trinajstić information content (AvgIpc) is 3.09. The molecule has 0 amide bonds. The molecule has 1 aliphatic carbocycles. The third-order valence-electron chi connectivity index (χ3n) is 5.74. The minimum atomic E-state index is -3.20. The number of rotatable bonds is 6. The summed E-state index contributed by atoms with van der Waals surface area (Å²) in [6, 6.07) is 0. The summed E-state index contributed by atoms with van der Waals surface area (Å²) >= 11 is 1.65. The highest BCUT2D eigenvalue weighted by Gasteiger charge is 2.29. The average molecular weight is 437 g/mol. The van der Waals surface area contributed by atoms with Gasteiger partial charge >= 0.3 is 0 Å². The lowest BCUT2D eigenvalue weighted by Crippen LogP contribution is -2.50.